The van der Waals surface area contributed by atoms with Gasteiger partial charge in [-0.2, -0.15) is 9.40 Å². The van der Waals surface area contributed by atoms with Gasteiger partial charge in [-0.3, -0.25) is 4.79 Å². The topological polar surface area (TPSA) is 84.3 Å². The molecule has 1 fully saturated rings. The van der Waals surface area contributed by atoms with Gasteiger partial charge in [0.05, 0.1) is 16.8 Å². The Hall–Kier alpha value is -3.23. The van der Waals surface area contributed by atoms with Crippen LogP contribution in [0.4, 0.5) is 5.69 Å². The predicted molar refractivity (Wildman–Crippen MR) is 120 cm³/mol. The molecule has 1 aliphatic heterocycles. The molecule has 0 saturated carbocycles. The first-order valence-electron chi connectivity index (χ1n) is 10.2. The van der Waals surface area contributed by atoms with Crippen LogP contribution in [0.3, 0.4) is 0 Å². The van der Waals surface area contributed by atoms with E-state index in [0.29, 0.717) is 18.8 Å². The Labute approximate surface area is 182 Å². The van der Waals surface area contributed by atoms with E-state index in [4.69, 9.17) is 0 Å². The summed E-state index contributed by atoms with van der Waals surface area (Å²) in [7, 11) is -3.48. The van der Waals surface area contributed by atoms with Crippen LogP contribution in [0.15, 0.2) is 78.0 Å². The minimum Gasteiger partial charge on any atom is -0.323 e. The maximum absolute atomic E-state index is 12.7. The van der Waals surface area contributed by atoms with E-state index in [1.165, 1.54) is 22.5 Å². The number of aromatic nitrogens is 2. The Morgan fingerprint density at radius 2 is 1.68 bits per heavy atom. The van der Waals surface area contributed by atoms with Gasteiger partial charge >= 0.3 is 0 Å². The molecule has 1 amide bonds. The van der Waals surface area contributed by atoms with E-state index in [0.717, 1.165) is 30.5 Å². The van der Waals surface area contributed by atoms with Gasteiger partial charge in [-0.15, -0.1) is 0 Å². The second-order valence-corrected chi connectivity index (χ2v) is 9.30. The number of para-hydroxylation sites is 1. The van der Waals surface area contributed by atoms with Crippen molar-refractivity contribution < 1.29 is 13.2 Å². The third kappa shape index (κ3) is 5.10. The molecule has 0 aliphatic carbocycles. The van der Waals surface area contributed by atoms with E-state index in [-0.39, 0.29) is 10.8 Å². The van der Waals surface area contributed by atoms with Crippen LogP contribution < -0.4 is 5.32 Å². The Kier molecular flexibility index (Phi) is 6.29. The summed E-state index contributed by atoms with van der Waals surface area (Å²) in [4.78, 5) is 12.5. The maximum atomic E-state index is 12.7. The van der Waals surface area contributed by atoms with Crippen LogP contribution in [0, 0.1) is 0 Å². The minimum absolute atomic E-state index is 0.247. The number of carbonyl (C=O) groups is 1. The Bertz CT molecular complexity index is 1160. The molecular weight excluding hydrogens is 412 g/mol. The summed E-state index contributed by atoms with van der Waals surface area (Å²) in [5, 5.41) is 7.04. The molecule has 160 valence electrons. The molecule has 2 aromatic carbocycles. The fourth-order valence-corrected chi connectivity index (χ4v) is 4.98. The quantitative estimate of drug-likeness (QED) is 0.597. The van der Waals surface area contributed by atoms with E-state index < -0.39 is 10.0 Å². The van der Waals surface area contributed by atoms with Crippen molar-refractivity contribution in [2.45, 2.75) is 24.2 Å². The molecule has 0 radical (unpaired) electrons. The zero-order chi connectivity index (χ0) is 21.7. The maximum Gasteiger partial charge on any atom is 0.248 e. The first-order chi connectivity index (χ1) is 15.0. The van der Waals surface area contributed by atoms with Crippen molar-refractivity contribution in [3.8, 4) is 5.69 Å². The lowest BCUT2D eigenvalue weighted by molar-refractivity contribution is -0.111. The molecule has 7 nitrogen and oxygen atoms in total. The van der Waals surface area contributed by atoms with Gasteiger partial charge < -0.3 is 5.32 Å². The van der Waals surface area contributed by atoms with Crippen molar-refractivity contribution in [3.05, 3.63) is 78.6 Å². The highest BCUT2D eigenvalue weighted by atomic mass is 32.2. The zero-order valence-electron chi connectivity index (χ0n) is 17.0. The normalized spacial score (nSPS) is 15.2. The second-order valence-electron chi connectivity index (χ2n) is 7.37. The van der Waals surface area contributed by atoms with Crippen molar-refractivity contribution in [1.82, 2.24) is 14.1 Å². The van der Waals surface area contributed by atoms with Gasteiger partial charge in [-0.25, -0.2) is 13.1 Å². The third-order valence-electron chi connectivity index (χ3n) is 5.13. The van der Waals surface area contributed by atoms with Crippen molar-refractivity contribution in [2.24, 2.45) is 0 Å². The summed E-state index contributed by atoms with van der Waals surface area (Å²) in [5.41, 5.74) is 2.26. The number of hydrogen-bond donors (Lipinski definition) is 1. The van der Waals surface area contributed by atoms with Gasteiger partial charge in [-0.05, 0) is 55.3 Å². The van der Waals surface area contributed by atoms with Crippen molar-refractivity contribution >= 4 is 27.7 Å². The second kappa shape index (κ2) is 9.28. The number of benzene rings is 2. The molecule has 1 saturated heterocycles. The molecule has 0 bridgehead atoms. The number of anilines is 1. The van der Waals surface area contributed by atoms with Crippen LogP contribution in [0.1, 0.15) is 24.8 Å². The number of rotatable bonds is 6. The van der Waals surface area contributed by atoms with Gasteiger partial charge in [-0.1, -0.05) is 24.6 Å². The van der Waals surface area contributed by atoms with Crippen LogP contribution in [0.2, 0.25) is 0 Å². The highest BCUT2D eigenvalue weighted by Gasteiger charge is 2.25. The molecule has 8 heteroatoms. The monoisotopic (exact) mass is 436 g/mol. The van der Waals surface area contributed by atoms with Crippen LogP contribution in [0.5, 0.6) is 0 Å². The lowest BCUT2D eigenvalue weighted by atomic mass is 10.2. The third-order valence-corrected chi connectivity index (χ3v) is 7.04. The predicted octanol–water partition coefficient (Wildman–Crippen LogP) is 3.70. The van der Waals surface area contributed by atoms with Crippen LogP contribution in [0.25, 0.3) is 11.8 Å². The molecule has 31 heavy (non-hydrogen) atoms. The number of amides is 1. The molecule has 0 unspecified atom stereocenters. The van der Waals surface area contributed by atoms with E-state index in [1.807, 2.05) is 36.5 Å². The van der Waals surface area contributed by atoms with E-state index in [1.54, 1.807) is 29.1 Å². The van der Waals surface area contributed by atoms with Crippen molar-refractivity contribution in [1.29, 1.82) is 0 Å². The van der Waals surface area contributed by atoms with Gasteiger partial charge in [0.1, 0.15) is 0 Å². The van der Waals surface area contributed by atoms with Gasteiger partial charge in [0.25, 0.3) is 0 Å². The Morgan fingerprint density at radius 1 is 0.968 bits per heavy atom. The van der Waals surface area contributed by atoms with Crippen molar-refractivity contribution in [3.63, 3.8) is 0 Å². The Morgan fingerprint density at radius 3 is 2.39 bits per heavy atom. The number of hydrogen-bond acceptors (Lipinski definition) is 4. The molecule has 2 heterocycles. The lowest BCUT2D eigenvalue weighted by Gasteiger charge is -2.25. The fraction of sp³-hybridized carbons (Fsp3) is 0.217. The number of nitrogens with one attached hydrogen (secondary N) is 1. The minimum atomic E-state index is -3.48. The van der Waals surface area contributed by atoms with Gasteiger partial charge in [0, 0.05) is 36.6 Å². The standard InChI is InChI=1S/C23H24N4O3S/c28-23(14-9-19-17-24-27(18-19)21-7-3-1-4-8-21)25-20-10-12-22(13-11-20)31(29,30)26-15-5-2-6-16-26/h1,3-4,7-14,17-18H,2,5-6,15-16H2,(H,25,28)/b14-9+. The molecule has 3 aromatic rings. The molecule has 1 N–H and O–H groups in total. The number of sulfonamides is 1. The zero-order valence-corrected chi connectivity index (χ0v) is 17.8. The molecule has 4 rings (SSSR count). The average Bonchev–Trinajstić information content (AvgIpc) is 3.28. The smallest absolute Gasteiger partial charge is 0.248 e. The summed E-state index contributed by atoms with van der Waals surface area (Å²) in [6.45, 7) is 1.12. The van der Waals surface area contributed by atoms with E-state index >= 15 is 0 Å². The van der Waals surface area contributed by atoms with Gasteiger partial charge in [0.15, 0.2) is 0 Å². The molecule has 0 atom stereocenters. The summed E-state index contributed by atoms with van der Waals surface area (Å²) in [6, 6.07) is 16.0. The SMILES string of the molecule is O=C(/C=C/c1cnn(-c2ccccc2)c1)Nc1ccc(S(=O)(=O)N2CCCCC2)cc1. The number of nitrogens with zero attached hydrogens (tertiary/aromatic N) is 3. The van der Waals surface area contributed by atoms with Crippen LogP contribution in [-0.4, -0.2) is 41.5 Å². The first kappa shape index (κ1) is 21.0. The number of piperidine rings is 1. The summed E-state index contributed by atoms with van der Waals surface area (Å²) in [5.74, 6) is -0.306. The van der Waals surface area contributed by atoms with Gasteiger partial charge in [0.2, 0.25) is 15.9 Å². The molecule has 0 spiro atoms. The van der Waals surface area contributed by atoms with E-state index in [2.05, 4.69) is 10.4 Å². The average molecular weight is 437 g/mol. The van der Waals surface area contributed by atoms with Crippen LogP contribution in [-0.2, 0) is 14.8 Å². The molecule has 1 aliphatic rings. The lowest BCUT2D eigenvalue weighted by Crippen LogP contribution is -2.35. The Balaban J connectivity index is 1.37. The summed E-state index contributed by atoms with van der Waals surface area (Å²) >= 11 is 0. The highest BCUT2D eigenvalue weighted by molar-refractivity contribution is 7.89. The summed E-state index contributed by atoms with van der Waals surface area (Å²) < 4.78 is 28.7. The summed E-state index contributed by atoms with van der Waals surface area (Å²) in [6.07, 6.45) is 9.46. The largest absolute Gasteiger partial charge is 0.323 e. The molecular formula is C23H24N4O3S. The van der Waals surface area contributed by atoms with Crippen LogP contribution >= 0.6 is 0 Å². The highest BCUT2D eigenvalue weighted by Crippen LogP contribution is 2.22. The number of carbonyl (C=O) groups excluding carboxylic acids is 1. The van der Waals surface area contributed by atoms with Crippen molar-refractivity contribution in [2.75, 3.05) is 18.4 Å². The first-order valence-corrected chi connectivity index (χ1v) is 11.7. The van der Waals surface area contributed by atoms with E-state index in [9.17, 15) is 13.2 Å². The molecule has 1 aromatic heterocycles. The fourth-order valence-electron chi connectivity index (χ4n) is 3.47.